The van der Waals surface area contributed by atoms with E-state index in [1.54, 1.807) is 6.92 Å². The molecule has 1 aliphatic carbocycles. The molecule has 0 bridgehead atoms. The van der Waals surface area contributed by atoms with Gasteiger partial charge in [0.05, 0.1) is 5.69 Å². The molecule has 0 atom stereocenters. The van der Waals surface area contributed by atoms with Gasteiger partial charge in [-0.3, -0.25) is 0 Å². The molecular formula is C14H23FN4. The van der Waals surface area contributed by atoms with Gasteiger partial charge in [0.2, 0.25) is 0 Å². The van der Waals surface area contributed by atoms with Crippen molar-refractivity contribution in [1.82, 2.24) is 9.97 Å². The maximum atomic E-state index is 13.6. The highest BCUT2D eigenvalue weighted by molar-refractivity contribution is 5.37. The first-order valence-electron chi connectivity index (χ1n) is 7.16. The van der Waals surface area contributed by atoms with Gasteiger partial charge in [-0.05, 0) is 38.5 Å². The molecule has 5 heteroatoms. The van der Waals surface area contributed by atoms with Crippen LogP contribution < -0.4 is 11.3 Å². The summed E-state index contributed by atoms with van der Waals surface area (Å²) in [6, 6.07) is 0. The molecule has 1 aromatic heterocycles. The molecule has 1 heterocycles. The third-order valence-corrected chi connectivity index (χ3v) is 4.08. The van der Waals surface area contributed by atoms with Gasteiger partial charge in [-0.25, -0.2) is 20.2 Å². The summed E-state index contributed by atoms with van der Waals surface area (Å²) in [5.41, 5.74) is 2.69. The van der Waals surface area contributed by atoms with E-state index in [-0.39, 0.29) is 5.82 Å². The summed E-state index contributed by atoms with van der Waals surface area (Å²) in [6.45, 7) is 3.89. The highest BCUT2D eigenvalue weighted by atomic mass is 19.1. The molecule has 0 amide bonds. The van der Waals surface area contributed by atoms with Crippen molar-refractivity contribution in [2.75, 3.05) is 5.43 Å². The summed E-state index contributed by atoms with van der Waals surface area (Å²) < 4.78 is 13.6. The minimum absolute atomic E-state index is 0.109. The molecule has 3 N–H and O–H groups in total. The van der Waals surface area contributed by atoms with Crippen LogP contribution in [0.5, 0.6) is 0 Å². The number of hydrogen-bond acceptors (Lipinski definition) is 4. The minimum Gasteiger partial charge on any atom is -0.306 e. The van der Waals surface area contributed by atoms with Crippen molar-refractivity contribution in [3.8, 4) is 0 Å². The van der Waals surface area contributed by atoms with Crippen LogP contribution in [0.15, 0.2) is 0 Å². The van der Waals surface area contributed by atoms with Crippen LogP contribution >= 0.6 is 0 Å². The van der Waals surface area contributed by atoms with E-state index >= 15 is 0 Å². The predicted molar refractivity (Wildman–Crippen MR) is 74.1 cm³/mol. The van der Waals surface area contributed by atoms with Crippen LogP contribution in [0, 0.1) is 18.7 Å². The quantitative estimate of drug-likeness (QED) is 0.648. The van der Waals surface area contributed by atoms with E-state index in [2.05, 4.69) is 22.3 Å². The number of nitrogen functional groups attached to an aromatic ring is 1. The van der Waals surface area contributed by atoms with E-state index < -0.39 is 5.82 Å². The maximum Gasteiger partial charge on any atom is 0.187 e. The summed E-state index contributed by atoms with van der Waals surface area (Å²) in [5, 5.41) is 0. The Balaban J connectivity index is 2.09. The lowest BCUT2D eigenvalue weighted by molar-refractivity contribution is 0.302. The van der Waals surface area contributed by atoms with Crippen molar-refractivity contribution in [2.24, 2.45) is 11.8 Å². The van der Waals surface area contributed by atoms with Gasteiger partial charge in [-0.2, -0.15) is 0 Å². The Bertz CT molecular complexity index is 428. The van der Waals surface area contributed by atoms with E-state index in [9.17, 15) is 4.39 Å². The Morgan fingerprint density at radius 1 is 1.26 bits per heavy atom. The Morgan fingerprint density at radius 2 is 1.95 bits per heavy atom. The minimum atomic E-state index is -0.453. The number of aromatic nitrogens is 2. The fraction of sp³-hybridized carbons (Fsp3) is 0.714. The van der Waals surface area contributed by atoms with E-state index in [0.29, 0.717) is 11.6 Å². The third-order valence-electron chi connectivity index (χ3n) is 4.08. The monoisotopic (exact) mass is 266 g/mol. The lowest BCUT2D eigenvalue weighted by Gasteiger charge is -2.27. The molecule has 0 aliphatic heterocycles. The molecule has 0 unspecified atom stereocenters. The van der Waals surface area contributed by atoms with Gasteiger partial charge in [0.15, 0.2) is 11.6 Å². The van der Waals surface area contributed by atoms with Gasteiger partial charge in [0.25, 0.3) is 0 Å². The molecule has 0 saturated heterocycles. The van der Waals surface area contributed by atoms with Gasteiger partial charge >= 0.3 is 0 Å². The lowest BCUT2D eigenvalue weighted by Crippen LogP contribution is -2.19. The molecule has 1 aromatic rings. The second-order valence-electron chi connectivity index (χ2n) is 5.48. The number of nitrogens with zero attached hydrogens (tertiary/aromatic N) is 2. The average molecular weight is 266 g/mol. The number of anilines is 1. The van der Waals surface area contributed by atoms with Gasteiger partial charge < -0.3 is 5.43 Å². The standard InChI is InChI=1S/C14H23FN4/c1-3-4-10-5-7-11(8-6-10)13-17-9(2)12(15)14(18-13)19-16/h10-11H,3-8,16H2,1-2H3,(H,17,18,19). The molecule has 0 radical (unpaired) electrons. The molecule has 4 nitrogen and oxygen atoms in total. The first kappa shape index (κ1) is 14.2. The Morgan fingerprint density at radius 3 is 2.53 bits per heavy atom. The molecular weight excluding hydrogens is 243 g/mol. The maximum absolute atomic E-state index is 13.6. The van der Waals surface area contributed by atoms with Crippen LogP contribution in [-0.4, -0.2) is 9.97 Å². The fourth-order valence-corrected chi connectivity index (χ4v) is 2.98. The van der Waals surface area contributed by atoms with Crippen molar-refractivity contribution in [1.29, 1.82) is 0 Å². The molecule has 1 aliphatic rings. The van der Waals surface area contributed by atoms with Gasteiger partial charge in [0, 0.05) is 5.92 Å². The molecule has 0 aromatic carbocycles. The number of halogens is 1. The lowest BCUT2D eigenvalue weighted by atomic mass is 9.80. The summed E-state index contributed by atoms with van der Waals surface area (Å²) in [4.78, 5) is 8.52. The van der Waals surface area contributed by atoms with Crippen molar-refractivity contribution in [3.63, 3.8) is 0 Å². The first-order chi connectivity index (χ1) is 9.15. The zero-order chi connectivity index (χ0) is 13.8. The van der Waals surface area contributed by atoms with Crippen molar-refractivity contribution in [3.05, 3.63) is 17.3 Å². The van der Waals surface area contributed by atoms with E-state index in [0.717, 1.165) is 24.6 Å². The zero-order valence-electron chi connectivity index (χ0n) is 11.7. The van der Waals surface area contributed by atoms with E-state index in [1.807, 2.05) is 0 Å². The van der Waals surface area contributed by atoms with Crippen molar-refractivity contribution >= 4 is 5.82 Å². The summed E-state index contributed by atoms with van der Waals surface area (Å²) >= 11 is 0. The van der Waals surface area contributed by atoms with Crippen LogP contribution in [0.3, 0.4) is 0 Å². The number of nitrogens with one attached hydrogen (secondary N) is 1. The number of nitrogens with two attached hydrogens (primary N) is 1. The second kappa shape index (κ2) is 6.28. The molecule has 1 fully saturated rings. The Hall–Kier alpha value is -1.23. The normalized spacial score (nSPS) is 23.4. The third kappa shape index (κ3) is 3.21. The molecule has 0 spiro atoms. The molecule has 106 valence electrons. The van der Waals surface area contributed by atoms with Crippen molar-refractivity contribution in [2.45, 2.75) is 58.3 Å². The first-order valence-corrected chi connectivity index (χ1v) is 7.16. The molecule has 2 rings (SSSR count). The van der Waals surface area contributed by atoms with E-state index in [4.69, 9.17) is 5.84 Å². The number of hydrogen-bond donors (Lipinski definition) is 2. The van der Waals surface area contributed by atoms with E-state index in [1.165, 1.54) is 25.7 Å². The molecule has 1 saturated carbocycles. The fourth-order valence-electron chi connectivity index (χ4n) is 2.98. The summed E-state index contributed by atoms with van der Waals surface area (Å²) in [7, 11) is 0. The van der Waals surface area contributed by atoms with Crippen LogP contribution in [0.2, 0.25) is 0 Å². The Labute approximate surface area is 114 Å². The summed E-state index contributed by atoms with van der Waals surface area (Å²) in [6.07, 6.45) is 7.21. The van der Waals surface area contributed by atoms with Crippen LogP contribution in [0.1, 0.15) is 62.9 Å². The Kier molecular flexibility index (Phi) is 4.69. The smallest absolute Gasteiger partial charge is 0.187 e. The summed E-state index contributed by atoms with van der Waals surface area (Å²) in [5.74, 6) is 6.88. The average Bonchev–Trinajstić information content (AvgIpc) is 2.43. The number of hydrazine groups is 1. The highest BCUT2D eigenvalue weighted by Crippen LogP contribution is 2.36. The van der Waals surface area contributed by atoms with Crippen molar-refractivity contribution < 1.29 is 4.39 Å². The second-order valence-corrected chi connectivity index (χ2v) is 5.48. The number of aryl methyl sites for hydroxylation is 1. The highest BCUT2D eigenvalue weighted by Gasteiger charge is 2.25. The van der Waals surface area contributed by atoms with Gasteiger partial charge in [-0.1, -0.05) is 19.8 Å². The number of rotatable bonds is 4. The van der Waals surface area contributed by atoms with Crippen LogP contribution in [-0.2, 0) is 0 Å². The van der Waals surface area contributed by atoms with Crippen LogP contribution in [0.25, 0.3) is 0 Å². The predicted octanol–water partition coefficient (Wildman–Crippen LogP) is 3.28. The topological polar surface area (TPSA) is 63.8 Å². The molecule has 19 heavy (non-hydrogen) atoms. The SMILES string of the molecule is CCCC1CCC(c2nc(C)c(F)c(NN)n2)CC1. The van der Waals surface area contributed by atoms with Gasteiger partial charge in [0.1, 0.15) is 5.82 Å². The van der Waals surface area contributed by atoms with Crippen LogP contribution in [0.4, 0.5) is 10.2 Å². The largest absolute Gasteiger partial charge is 0.306 e. The van der Waals surface area contributed by atoms with Gasteiger partial charge in [-0.15, -0.1) is 0 Å². The zero-order valence-corrected chi connectivity index (χ0v) is 11.7.